The summed E-state index contributed by atoms with van der Waals surface area (Å²) in [6.45, 7) is 7.71. The molecule has 156 valence electrons. The number of carbonyl (C=O) groups excluding carboxylic acids is 1. The van der Waals surface area contributed by atoms with Crippen LogP contribution in [-0.4, -0.2) is 30.6 Å². The van der Waals surface area contributed by atoms with Crippen molar-refractivity contribution < 1.29 is 9.53 Å². The van der Waals surface area contributed by atoms with Gasteiger partial charge in [-0.25, -0.2) is 14.8 Å². The lowest BCUT2D eigenvalue weighted by Crippen LogP contribution is -2.17. The average molecular weight is 408 g/mol. The summed E-state index contributed by atoms with van der Waals surface area (Å²) in [4.78, 5) is 35.6. The van der Waals surface area contributed by atoms with Crippen LogP contribution in [0.15, 0.2) is 35.3 Å². The topological polar surface area (TPSA) is 115 Å². The van der Waals surface area contributed by atoms with Crippen molar-refractivity contribution in [1.82, 2.24) is 24.7 Å². The van der Waals surface area contributed by atoms with E-state index in [9.17, 15) is 9.59 Å². The number of hydrogen-bond donors (Lipinski definition) is 2. The fraction of sp³-hybridized carbons (Fsp3) is 0.381. The maximum Gasteiger partial charge on any atom is 0.349 e. The van der Waals surface area contributed by atoms with Crippen LogP contribution in [0.1, 0.15) is 45.1 Å². The van der Waals surface area contributed by atoms with E-state index < -0.39 is 0 Å². The summed E-state index contributed by atoms with van der Waals surface area (Å²) in [5.74, 6) is 2.59. The SMILES string of the molecule is Cc1nc(-n2nc(C(C)(C)C)[nH]c2=O)ccc1Oc1ccnc(NC(=O)C2CC2)c1. The minimum atomic E-state index is -0.342. The lowest BCUT2D eigenvalue weighted by molar-refractivity contribution is -0.117. The number of amides is 1. The van der Waals surface area contributed by atoms with Crippen molar-refractivity contribution in [3.8, 4) is 17.3 Å². The van der Waals surface area contributed by atoms with Crippen LogP contribution >= 0.6 is 0 Å². The second kappa shape index (κ2) is 7.40. The van der Waals surface area contributed by atoms with Crippen LogP contribution < -0.4 is 15.7 Å². The minimum absolute atomic E-state index is 0.0130. The number of anilines is 1. The predicted molar refractivity (Wildman–Crippen MR) is 111 cm³/mol. The molecule has 1 saturated carbocycles. The van der Waals surface area contributed by atoms with Gasteiger partial charge in [0.05, 0.1) is 5.69 Å². The molecule has 0 atom stereocenters. The molecule has 3 heterocycles. The first-order valence-electron chi connectivity index (χ1n) is 9.83. The zero-order valence-electron chi connectivity index (χ0n) is 17.4. The standard InChI is InChI=1S/C21H24N6O3/c1-12-15(30-14-9-10-22-16(11-14)24-18(28)13-5-6-13)7-8-17(23-12)27-20(29)25-19(26-27)21(2,3)4/h7-11,13H,5-6H2,1-4H3,(H,22,24,28)(H,25,26,29). The highest BCUT2D eigenvalue weighted by atomic mass is 16.5. The van der Waals surface area contributed by atoms with E-state index in [0.717, 1.165) is 12.8 Å². The molecule has 1 amide bonds. The van der Waals surface area contributed by atoms with Crippen molar-refractivity contribution >= 4 is 11.7 Å². The normalized spacial score (nSPS) is 13.9. The first-order chi connectivity index (χ1) is 14.2. The first kappa shape index (κ1) is 19.8. The molecule has 1 fully saturated rings. The molecule has 4 rings (SSSR count). The van der Waals surface area contributed by atoms with Gasteiger partial charge in [0, 0.05) is 23.6 Å². The Labute approximate surface area is 173 Å². The summed E-state index contributed by atoms with van der Waals surface area (Å²) in [7, 11) is 0. The summed E-state index contributed by atoms with van der Waals surface area (Å²) in [5.41, 5.74) is -0.0259. The summed E-state index contributed by atoms with van der Waals surface area (Å²) < 4.78 is 7.16. The minimum Gasteiger partial charge on any atom is -0.455 e. The molecular weight excluding hydrogens is 384 g/mol. The summed E-state index contributed by atoms with van der Waals surface area (Å²) in [5, 5.41) is 7.16. The molecule has 0 saturated heterocycles. The lowest BCUT2D eigenvalue weighted by Gasteiger charge is -2.13. The Balaban J connectivity index is 1.54. The molecule has 2 N–H and O–H groups in total. The molecule has 0 aromatic carbocycles. The largest absolute Gasteiger partial charge is 0.455 e. The summed E-state index contributed by atoms with van der Waals surface area (Å²) in [6.07, 6.45) is 3.43. The van der Waals surface area contributed by atoms with E-state index in [1.54, 1.807) is 37.4 Å². The third-order valence-electron chi connectivity index (χ3n) is 4.73. The molecule has 9 heteroatoms. The van der Waals surface area contributed by atoms with Gasteiger partial charge in [0.1, 0.15) is 23.1 Å². The number of nitrogens with zero attached hydrogens (tertiary/aromatic N) is 4. The van der Waals surface area contributed by atoms with Gasteiger partial charge in [-0.1, -0.05) is 20.8 Å². The number of H-pyrrole nitrogens is 1. The smallest absolute Gasteiger partial charge is 0.349 e. The van der Waals surface area contributed by atoms with Gasteiger partial charge in [-0.15, -0.1) is 5.10 Å². The second-order valence-corrected chi connectivity index (χ2v) is 8.44. The summed E-state index contributed by atoms with van der Waals surface area (Å²) >= 11 is 0. The zero-order valence-corrected chi connectivity index (χ0v) is 17.4. The van der Waals surface area contributed by atoms with Crippen LogP contribution in [0.3, 0.4) is 0 Å². The maximum absolute atomic E-state index is 12.3. The molecule has 0 aliphatic heterocycles. The van der Waals surface area contributed by atoms with Gasteiger partial charge in [-0.05, 0) is 38.0 Å². The van der Waals surface area contributed by atoms with Crippen LogP contribution in [0, 0.1) is 12.8 Å². The van der Waals surface area contributed by atoms with E-state index >= 15 is 0 Å². The van der Waals surface area contributed by atoms with E-state index in [0.29, 0.717) is 34.7 Å². The molecular formula is C21H24N6O3. The third kappa shape index (κ3) is 4.24. The van der Waals surface area contributed by atoms with Crippen molar-refractivity contribution in [1.29, 1.82) is 0 Å². The van der Waals surface area contributed by atoms with Crippen molar-refractivity contribution in [2.24, 2.45) is 5.92 Å². The van der Waals surface area contributed by atoms with Gasteiger partial charge in [-0.3, -0.25) is 9.78 Å². The van der Waals surface area contributed by atoms with E-state index in [1.807, 2.05) is 20.8 Å². The molecule has 0 bridgehead atoms. The Morgan fingerprint density at radius 3 is 2.67 bits per heavy atom. The number of rotatable bonds is 5. The number of pyridine rings is 2. The van der Waals surface area contributed by atoms with Crippen molar-refractivity contribution in [2.45, 2.75) is 46.0 Å². The van der Waals surface area contributed by atoms with Crippen LogP contribution in [0.4, 0.5) is 5.82 Å². The number of hydrogen-bond acceptors (Lipinski definition) is 6. The Kier molecular flexibility index (Phi) is 4.89. The van der Waals surface area contributed by atoms with Crippen molar-refractivity contribution in [3.05, 3.63) is 52.5 Å². The highest BCUT2D eigenvalue weighted by Gasteiger charge is 2.29. The molecule has 0 unspecified atom stereocenters. The van der Waals surface area contributed by atoms with Crippen LogP contribution in [0.25, 0.3) is 5.82 Å². The molecule has 3 aromatic rings. The van der Waals surface area contributed by atoms with Crippen LogP contribution in [0.5, 0.6) is 11.5 Å². The number of aromatic amines is 1. The highest BCUT2D eigenvalue weighted by Crippen LogP contribution is 2.31. The van der Waals surface area contributed by atoms with E-state index in [-0.39, 0.29) is 22.9 Å². The number of ether oxygens (including phenoxy) is 1. The van der Waals surface area contributed by atoms with Gasteiger partial charge in [0.25, 0.3) is 0 Å². The lowest BCUT2D eigenvalue weighted by atomic mass is 9.96. The van der Waals surface area contributed by atoms with Gasteiger partial charge >= 0.3 is 5.69 Å². The van der Waals surface area contributed by atoms with Crippen LogP contribution in [-0.2, 0) is 10.2 Å². The van der Waals surface area contributed by atoms with Gasteiger partial charge in [0.15, 0.2) is 5.82 Å². The highest BCUT2D eigenvalue weighted by molar-refractivity contribution is 5.93. The average Bonchev–Trinajstić information content (AvgIpc) is 3.45. The van der Waals surface area contributed by atoms with Gasteiger partial charge in [0.2, 0.25) is 5.91 Å². The Hall–Kier alpha value is -3.49. The fourth-order valence-corrected chi connectivity index (χ4v) is 2.82. The third-order valence-corrected chi connectivity index (χ3v) is 4.73. The molecule has 0 spiro atoms. The monoisotopic (exact) mass is 408 g/mol. The van der Waals surface area contributed by atoms with E-state index in [2.05, 4.69) is 25.4 Å². The predicted octanol–water partition coefficient (Wildman–Crippen LogP) is 3.10. The molecule has 1 aliphatic rings. The molecule has 0 radical (unpaired) electrons. The van der Waals surface area contributed by atoms with Crippen LogP contribution in [0.2, 0.25) is 0 Å². The zero-order chi connectivity index (χ0) is 21.5. The number of aryl methyl sites for hydroxylation is 1. The summed E-state index contributed by atoms with van der Waals surface area (Å²) in [6, 6.07) is 6.78. The van der Waals surface area contributed by atoms with Gasteiger partial charge in [-0.2, -0.15) is 4.68 Å². The van der Waals surface area contributed by atoms with E-state index in [1.165, 1.54) is 4.68 Å². The first-order valence-corrected chi connectivity index (χ1v) is 9.83. The molecule has 30 heavy (non-hydrogen) atoms. The van der Waals surface area contributed by atoms with Crippen molar-refractivity contribution in [3.63, 3.8) is 0 Å². The van der Waals surface area contributed by atoms with Crippen molar-refractivity contribution in [2.75, 3.05) is 5.32 Å². The Bertz CT molecular complexity index is 1150. The maximum atomic E-state index is 12.3. The molecule has 9 nitrogen and oxygen atoms in total. The molecule has 3 aromatic heterocycles. The Morgan fingerprint density at radius 2 is 2.03 bits per heavy atom. The number of nitrogens with one attached hydrogen (secondary N) is 2. The number of aromatic nitrogens is 5. The number of carbonyl (C=O) groups is 1. The quantitative estimate of drug-likeness (QED) is 0.670. The second-order valence-electron chi connectivity index (χ2n) is 8.44. The van der Waals surface area contributed by atoms with E-state index in [4.69, 9.17) is 4.74 Å². The van der Waals surface area contributed by atoms with Gasteiger partial charge < -0.3 is 10.1 Å². The Morgan fingerprint density at radius 1 is 1.27 bits per heavy atom. The molecule has 1 aliphatic carbocycles. The fourth-order valence-electron chi connectivity index (χ4n) is 2.82.